The van der Waals surface area contributed by atoms with Gasteiger partial charge in [-0.1, -0.05) is 48.5 Å². The van der Waals surface area contributed by atoms with Gasteiger partial charge in [-0.15, -0.1) is 24.8 Å². The molecule has 0 N–H and O–H groups in total. The molecule has 0 radical (unpaired) electrons. The fraction of sp³-hybridized carbons (Fsp3) is 0.286. The van der Waals surface area contributed by atoms with Crippen molar-refractivity contribution in [1.82, 2.24) is 4.90 Å². The van der Waals surface area contributed by atoms with Gasteiger partial charge in [0, 0.05) is 50.4 Å². The molecular weight excluding hydrogens is 399 g/mol. The van der Waals surface area contributed by atoms with E-state index in [0.717, 1.165) is 38.3 Å². The van der Waals surface area contributed by atoms with E-state index in [1.807, 2.05) is 36.4 Å². The Morgan fingerprint density at radius 2 is 1.39 bits per heavy atom. The van der Waals surface area contributed by atoms with Gasteiger partial charge >= 0.3 is 5.82 Å². The second-order valence-electron chi connectivity index (χ2n) is 6.49. The topological polar surface area (TPSA) is 49.8 Å². The zero-order valence-electron chi connectivity index (χ0n) is 15.5. The molecule has 0 bridgehead atoms. The molecule has 150 valence electrons. The van der Waals surface area contributed by atoms with Crippen molar-refractivity contribution in [1.29, 1.82) is 0 Å². The van der Waals surface area contributed by atoms with E-state index in [-0.39, 0.29) is 24.8 Å². The summed E-state index contributed by atoms with van der Waals surface area (Å²) in [6.07, 6.45) is 0.668. The lowest BCUT2D eigenvalue weighted by atomic mass is 10.1. The van der Waals surface area contributed by atoms with Crippen LogP contribution in [0, 0.1) is 0 Å². The molecule has 2 heterocycles. The quantitative estimate of drug-likeness (QED) is 0.618. The summed E-state index contributed by atoms with van der Waals surface area (Å²) < 4.78 is 10.6. The standard InChI is InChI=1S/C21H22N2O3.2ClH/c24-21-25-19(20(26-21)17-7-3-1-4-8-17)11-12-22-13-15-23(16-14-22)18-9-5-2-6-10-18;;/h1-10H,11-16H2;2*1H. The molecule has 1 aliphatic rings. The molecule has 0 unspecified atom stereocenters. The Hall–Kier alpha value is -2.21. The van der Waals surface area contributed by atoms with Crippen molar-refractivity contribution < 1.29 is 8.83 Å². The SMILES string of the molecule is Cl.Cl.O=c1oc(CCN2CCN(c3ccccc3)CC2)c(-c2ccccc2)o1. The summed E-state index contributed by atoms with van der Waals surface area (Å²) in [5, 5.41) is 0. The Labute approximate surface area is 176 Å². The Balaban J connectivity index is 0.00000140. The third kappa shape index (κ3) is 5.19. The fourth-order valence-electron chi connectivity index (χ4n) is 3.41. The van der Waals surface area contributed by atoms with Crippen molar-refractivity contribution in [2.75, 3.05) is 37.6 Å². The molecule has 28 heavy (non-hydrogen) atoms. The summed E-state index contributed by atoms with van der Waals surface area (Å²) in [4.78, 5) is 16.4. The van der Waals surface area contributed by atoms with Crippen LogP contribution in [0.1, 0.15) is 5.76 Å². The predicted octanol–water partition coefficient (Wildman–Crippen LogP) is 4.11. The van der Waals surface area contributed by atoms with Crippen LogP contribution >= 0.6 is 24.8 Å². The van der Waals surface area contributed by atoms with Crippen molar-refractivity contribution >= 4 is 30.5 Å². The molecule has 0 amide bonds. The van der Waals surface area contributed by atoms with Crippen molar-refractivity contribution in [3.8, 4) is 11.3 Å². The summed E-state index contributed by atoms with van der Waals surface area (Å²) in [6.45, 7) is 4.86. The van der Waals surface area contributed by atoms with Gasteiger partial charge in [0.1, 0.15) is 0 Å². The highest BCUT2D eigenvalue weighted by Crippen LogP contribution is 2.23. The molecule has 2 aromatic carbocycles. The van der Waals surface area contributed by atoms with E-state index in [1.165, 1.54) is 5.69 Å². The lowest BCUT2D eigenvalue weighted by Gasteiger charge is -2.36. The number of hydrogen-bond acceptors (Lipinski definition) is 5. The molecule has 0 spiro atoms. The van der Waals surface area contributed by atoms with E-state index >= 15 is 0 Å². The van der Waals surface area contributed by atoms with Gasteiger partial charge in [0.25, 0.3) is 0 Å². The number of piperazine rings is 1. The molecule has 0 atom stereocenters. The normalized spacial score (nSPS) is 14.2. The zero-order chi connectivity index (χ0) is 17.8. The molecule has 1 aromatic heterocycles. The maximum absolute atomic E-state index is 11.6. The minimum atomic E-state index is -0.632. The van der Waals surface area contributed by atoms with Gasteiger partial charge in [-0.25, -0.2) is 4.79 Å². The molecule has 1 saturated heterocycles. The molecule has 0 saturated carbocycles. The van der Waals surface area contributed by atoms with Gasteiger partial charge in [-0.3, -0.25) is 4.90 Å². The first kappa shape index (κ1) is 22.1. The molecule has 5 nitrogen and oxygen atoms in total. The van der Waals surface area contributed by atoms with E-state index in [4.69, 9.17) is 8.83 Å². The number of halogens is 2. The van der Waals surface area contributed by atoms with Crippen LogP contribution in [0.5, 0.6) is 0 Å². The summed E-state index contributed by atoms with van der Waals surface area (Å²) >= 11 is 0. The number of nitrogens with zero attached hydrogens (tertiary/aromatic N) is 2. The van der Waals surface area contributed by atoms with Gasteiger partial charge < -0.3 is 13.7 Å². The second-order valence-corrected chi connectivity index (χ2v) is 6.49. The van der Waals surface area contributed by atoms with Crippen LogP contribution in [-0.4, -0.2) is 37.6 Å². The first-order valence-electron chi connectivity index (χ1n) is 9.00. The Morgan fingerprint density at radius 1 is 0.786 bits per heavy atom. The van der Waals surface area contributed by atoms with E-state index in [2.05, 4.69) is 34.1 Å². The van der Waals surface area contributed by atoms with Gasteiger partial charge in [-0.2, -0.15) is 0 Å². The predicted molar refractivity (Wildman–Crippen MR) is 116 cm³/mol. The number of benzene rings is 2. The maximum Gasteiger partial charge on any atom is 0.519 e. The minimum Gasteiger partial charge on any atom is -0.395 e. The highest BCUT2D eigenvalue weighted by molar-refractivity contribution is 5.85. The van der Waals surface area contributed by atoms with Crippen LogP contribution in [0.3, 0.4) is 0 Å². The number of rotatable bonds is 5. The highest BCUT2D eigenvalue weighted by Gasteiger charge is 2.20. The van der Waals surface area contributed by atoms with Crippen LogP contribution < -0.4 is 10.7 Å². The Bertz CT molecular complexity index is 889. The number of anilines is 1. The summed E-state index contributed by atoms with van der Waals surface area (Å²) in [5.74, 6) is 0.554. The molecule has 7 heteroatoms. The first-order valence-corrected chi connectivity index (χ1v) is 9.00. The van der Waals surface area contributed by atoms with Crippen LogP contribution in [0.4, 0.5) is 5.69 Å². The summed E-state index contributed by atoms with van der Waals surface area (Å²) in [5.41, 5.74) is 2.15. The largest absolute Gasteiger partial charge is 0.519 e. The Kier molecular flexibility index (Phi) is 8.18. The molecule has 3 aromatic rings. The van der Waals surface area contributed by atoms with Crippen LogP contribution in [0.2, 0.25) is 0 Å². The minimum absolute atomic E-state index is 0. The van der Waals surface area contributed by atoms with E-state index in [9.17, 15) is 4.79 Å². The first-order chi connectivity index (χ1) is 12.8. The second kappa shape index (κ2) is 10.4. The molecule has 4 rings (SSSR count). The molecular formula is C21H24Cl2N2O3. The smallest absolute Gasteiger partial charge is 0.395 e. The van der Waals surface area contributed by atoms with Crippen LogP contribution in [-0.2, 0) is 6.42 Å². The summed E-state index contributed by atoms with van der Waals surface area (Å²) in [6, 6.07) is 20.2. The lowest BCUT2D eigenvalue weighted by molar-refractivity contribution is 0.254. The number of para-hydroxylation sites is 1. The van der Waals surface area contributed by atoms with Crippen molar-refractivity contribution in [3.63, 3.8) is 0 Å². The van der Waals surface area contributed by atoms with E-state index in [0.29, 0.717) is 17.9 Å². The van der Waals surface area contributed by atoms with Crippen molar-refractivity contribution in [2.24, 2.45) is 0 Å². The van der Waals surface area contributed by atoms with Crippen LogP contribution in [0.15, 0.2) is 74.3 Å². The molecule has 1 aliphatic heterocycles. The number of hydrogen-bond donors (Lipinski definition) is 0. The van der Waals surface area contributed by atoms with Crippen LogP contribution in [0.25, 0.3) is 11.3 Å². The van der Waals surface area contributed by atoms with Gasteiger partial charge in [0.2, 0.25) is 0 Å². The summed E-state index contributed by atoms with van der Waals surface area (Å²) in [7, 11) is 0. The highest BCUT2D eigenvalue weighted by atomic mass is 35.5. The maximum atomic E-state index is 11.6. The average Bonchev–Trinajstić information content (AvgIpc) is 3.09. The monoisotopic (exact) mass is 422 g/mol. The van der Waals surface area contributed by atoms with Gasteiger partial charge in [0.15, 0.2) is 11.5 Å². The average molecular weight is 423 g/mol. The van der Waals surface area contributed by atoms with E-state index < -0.39 is 5.82 Å². The fourth-order valence-corrected chi connectivity index (χ4v) is 3.41. The molecule has 1 fully saturated rings. The lowest BCUT2D eigenvalue weighted by Crippen LogP contribution is -2.47. The van der Waals surface area contributed by atoms with Crippen molar-refractivity contribution in [2.45, 2.75) is 6.42 Å². The van der Waals surface area contributed by atoms with Crippen molar-refractivity contribution in [3.05, 3.63) is 77.0 Å². The van der Waals surface area contributed by atoms with Gasteiger partial charge in [0.05, 0.1) is 0 Å². The van der Waals surface area contributed by atoms with Gasteiger partial charge in [-0.05, 0) is 12.1 Å². The third-order valence-electron chi connectivity index (χ3n) is 4.83. The third-order valence-corrected chi connectivity index (χ3v) is 4.83. The molecule has 0 aliphatic carbocycles. The zero-order valence-corrected chi connectivity index (χ0v) is 17.1. The Morgan fingerprint density at radius 3 is 2.04 bits per heavy atom. The van der Waals surface area contributed by atoms with E-state index in [1.54, 1.807) is 0 Å².